The Morgan fingerprint density at radius 2 is 2.12 bits per heavy atom. The molecule has 0 unspecified atom stereocenters. The molecule has 0 N–H and O–H groups in total. The molecular formula is C13H17NO2. The van der Waals surface area contributed by atoms with Gasteiger partial charge < -0.3 is 4.74 Å². The second-order valence-electron chi connectivity index (χ2n) is 3.21. The van der Waals surface area contributed by atoms with E-state index >= 15 is 0 Å². The van der Waals surface area contributed by atoms with E-state index in [4.69, 9.17) is 0 Å². The number of nitrogens with zero attached hydrogens (tertiary/aromatic N) is 1. The Hall–Kier alpha value is -1.90. The van der Waals surface area contributed by atoms with Crippen molar-refractivity contribution in [2.24, 2.45) is 0 Å². The third kappa shape index (κ3) is 5.75. The van der Waals surface area contributed by atoms with E-state index in [2.05, 4.69) is 22.9 Å². The Labute approximate surface area is 96.5 Å². The zero-order valence-electron chi connectivity index (χ0n) is 9.99. The molecule has 0 saturated heterocycles. The van der Waals surface area contributed by atoms with Crippen LogP contribution in [0.15, 0.2) is 37.1 Å². The van der Waals surface area contributed by atoms with Gasteiger partial charge in [-0.2, -0.15) is 0 Å². The number of rotatable bonds is 2. The minimum absolute atomic E-state index is 0.347. The number of ether oxygens (including phenoxy) is 1. The van der Waals surface area contributed by atoms with Gasteiger partial charge in [-0.15, -0.1) is 0 Å². The molecule has 0 saturated carbocycles. The van der Waals surface area contributed by atoms with Crippen LogP contribution < -0.4 is 0 Å². The SMILES string of the molecule is C=C(C)C(=O)OC.C=Cc1ccc(C)nc1. The Morgan fingerprint density at radius 3 is 2.38 bits per heavy atom. The standard InChI is InChI=1S/C8H9N.C5H8O2/c1-3-8-5-4-7(2)9-6-8;1-4(2)5(6)7-3/h3-6H,1H2,2H3;1H2,2-3H3. The summed E-state index contributed by atoms with van der Waals surface area (Å²) in [6, 6.07) is 3.96. The highest BCUT2D eigenvalue weighted by molar-refractivity contribution is 5.86. The predicted octanol–water partition coefficient (Wildman–Crippen LogP) is 2.77. The van der Waals surface area contributed by atoms with Crippen LogP contribution in [-0.2, 0) is 9.53 Å². The summed E-state index contributed by atoms with van der Waals surface area (Å²) in [5.41, 5.74) is 2.55. The molecule has 0 aliphatic heterocycles. The van der Waals surface area contributed by atoms with Crippen molar-refractivity contribution in [2.75, 3.05) is 7.11 Å². The third-order valence-corrected chi connectivity index (χ3v) is 1.70. The molecule has 1 rings (SSSR count). The molecule has 0 bridgehead atoms. The molecule has 0 atom stereocenters. The molecule has 1 heterocycles. The lowest BCUT2D eigenvalue weighted by Crippen LogP contribution is -1.98. The Balaban J connectivity index is 0.000000293. The van der Waals surface area contributed by atoms with Crippen LogP contribution in [0.3, 0.4) is 0 Å². The summed E-state index contributed by atoms with van der Waals surface area (Å²) in [4.78, 5) is 14.3. The average molecular weight is 219 g/mol. The van der Waals surface area contributed by atoms with Gasteiger partial charge in [0.15, 0.2) is 0 Å². The van der Waals surface area contributed by atoms with E-state index in [1.54, 1.807) is 13.0 Å². The van der Waals surface area contributed by atoms with Crippen LogP contribution in [0.25, 0.3) is 6.08 Å². The zero-order chi connectivity index (χ0) is 12.6. The number of methoxy groups -OCH3 is 1. The maximum absolute atomic E-state index is 10.2. The maximum Gasteiger partial charge on any atom is 0.332 e. The number of aromatic nitrogens is 1. The molecule has 1 aromatic heterocycles. The number of hydrogen-bond acceptors (Lipinski definition) is 3. The molecule has 1 aromatic rings. The van der Waals surface area contributed by atoms with Crippen LogP contribution >= 0.6 is 0 Å². The monoisotopic (exact) mass is 219 g/mol. The van der Waals surface area contributed by atoms with Gasteiger partial charge in [0, 0.05) is 17.5 Å². The highest BCUT2D eigenvalue weighted by Gasteiger charge is 1.95. The minimum Gasteiger partial charge on any atom is -0.466 e. The van der Waals surface area contributed by atoms with Crippen molar-refractivity contribution in [1.29, 1.82) is 0 Å². The largest absolute Gasteiger partial charge is 0.466 e. The molecular weight excluding hydrogens is 202 g/mol. The number of carbonyl (C=O) groups excluding carboxylic acids is 1. The lowest BCUT2D eigenvalue weighted by atomic mass is 10.2. The first-order valence-corrected chi connectivity index (χ1v) is 4.80. The van der Waals surface area contributed by atoms with Crippen molar-refractivity contribution in [3.8, 4) is 0 Å². The number of carbonyl (C=O) groups is 1. The lowest BCUT2D eigenvalue weighted by Gasteiger charge is -1.91. The lowest BCUT2D eigenvalue weighted by molar-refractivity contribution is -0.136. The second-order valence-corrected chi connectivity index (χ2v) is 3.21. The fraction of sp³-hybridized carbons (Fsp3) is 0.231. The van der Waals surface area contributed by atoms with E-state index in [1.807, 2.05) is 25.3 Å². The van der Waals surface area contributed by atoms with Gasteiger partial charge in [-0.25, -0.2) is 4.79 Å². The first kappa shape index (κ1) is 14.1. The van der Waals surface area contributed by atoms with Crippen LogP contribution in [0.1, 0.15) is 18.2 Å². The molecule has 0 radical (unpaired) electrons. The molecule has 0 aromatic carbocycles. The predicted molar refractivity (Wildman–Crippen MR) is 65.9 cm³/mol. The fourth-order valence-corrected chi connectivity index (χ4v) is 0.774. The second kappa shape index (κ2) is 7.40. The van der Waals surface area contributed by atoms with Crippen LogP contribution in [0.2, 0.25) is 0 Å². The molecule has 3 heteroatoms. The maximum atomic E-state index is 10.2. The zero-order valence-corrected chi connectivity index (χ0v) is 9.99. The topological polar surface area (TPSA) is 39.2 Å². The smallest absolute Gasteiger partial charge is 0.332 e. The van der Waals surface area contributed by atoms with Crippen molar-refractivity contribution >= 4 is 12.0 Å². The number of hydrogen-bond donors (Lipinski definition) is 0. The van der Waals surface area contributed by atoms with E-state index in [-0.39, 0.29) is 5.97 Å². The molecule has 0 amide bonds. The molecule has 0 aliphatic rings. The summed E-state index contributed by atoms with van der Waals surface area (Å²) >= 11 is 0. The van der Waals surface area contributed by atoms with E-state index in [1.165, 1.54) is 7.11 Å². The molecule has 0 fully saturated rings. The summed E-state index contributed by atoms with van der Waals surface area (Å²) < 4.78 is 4.27. The third-order valence-electron chi connectivity index (χ3n) is 1.70. The first-order chi connectivity index (χ1) is 7.51. The van der Waals surface area contributed by atoms with Crippen molar-refractivity contribution in [3.05, 3.63) is 48.3 Å². The molecule has 86 valence electrons. The normalized spacial score (nSPS) is 8.44. The number of pyridine rings is 1. The van der Waals surface area contributed by atoms with Crippen molar-refractivity contribution in [3.63, 3.8) is 0 Å². The summed E-state index contributed by atoms with van der Waals surface area (Å²) in [6.07, 6.45) is 3.59. The van der Waals surface area contributed by atoms with Gasteiger partial charge in [0.1, 0.15) is 0 Å². The van der Waals surface area contributed by atoms with Gasteiger partial charge in [0.25, 0.3) is 0 Å². The van der Waals surface area contributed by atoms with Crippen molar-refractivity contribution in [1.82, 2.24) is 4.98 Å². The highest BCUT2D eigenvalue weighted by Crippen LogP contribution is 1.98. The van der Waals surface area contributed by atoms with Gasteiger partial charge in [-0.1, -0.05) is 25.3 Å². The van der Waals surface area contributed by atoms with Gasteiger partial charge in [0.2, 0.25) is 0 Å². The summed E-state index contributed by atoms with van der Waals surface area (Å²) in [7, 11) is 1.33. The van der Waals surface area contributed by atoms with Crippen molar-refractivity contribution in [2.45, 2.75) is 13.8 Å². The van der Waals surface area contributed by atoms with Gasteiger partial charge in [-0.05, 0) is 25.5 Å². The molecule has 0 aliphatic carbocycles. The summed E-state index contributed by atoms with van der Waals surface area (Å²) in [5, 5.41) is 0. The Kier molecular flexibility index (Phi) is 6.52. The Bertz CT molecular complexity index is 366. The van der Waals surface area contributed by atoms with Crippen molar-refractivity contribution < 1.29 is 9.53 Å². The number of aryl methyl sites for hydroxylation is 1. The quantitative estimate of drug-likeness (QED) is 0.567. The molecule has 16 heavy (non-hydrogen) atoms. The summed E-state index contributed by atoms with van der Waals surface area (Å²) in [6.45, 7) is 10.5. The van der Waals surface area contributed by atoms with Gasteiger partial charge in [-0.3, -0.25) is 4.98 Å². The van der Waals surface area contributed by atoms with Crippen LogP contribution in [-0.4, -0.2) is 18.1 Å². The van der Waals surface area contributed by atoms with Crippen LogP contribution in [0, 0.1) is 6.92 Å². The van der Waals surface area contributed by atoms with E-state index in [9.17, 15) is 4.79 Å². The van der Waals surface area contributed by atoms with Crippen LogP contribution in [0.5, 0.6) is 0 Å². The Morgan fingerprint density at radius 1 is 1.50 bits per heavy atom. The van der Waals surface area contributed by atoms with E-state index in [0.717, 1.165) is 11.3 Å². The fourth-order valence-electron chi connectivity index (χ4n) is 0.774. The van der Waals surface area contributed by atoms with Crippen LogP contribution in [0.4, 0.5) is 0 Å². The minimum atomic E-state index is -0.347. The molecule has 0 spiro atoms. The average Bonchev–Trinajstić information content (AvgIpc) is 2.29. The number of esters is 1. The summed E-state index contributed by atoms with van der Waals surface area (Å²) in [5.74, 6) is -0.347. The first-order valence-electron chi connectivity index (χ1n) is 4.80. The van der Waals surface area contributed by atoms with Gasteiger partial charge in [0.05, 0.1) is 7.11 Å². The molecule has 3 nitrogen and oxygen atoms in total. The highest BCUT2D eigenvalue weighted by atomic mass is 16.5. The van der Waals surface area contributed by atoms with Gasteiger partial charge >= 0.3 is 5.97 Å². The van der Waals surface area contributed by atoms with E-state index < -0.39 is 0 Å². The van der Waals surface area contributed by atoms with E-state index in [0.29, 0.717) is 5.57 Å².